The first-order valence-electron chi connectivity index (χ1n) is 15.5. The summed E-state index contributed by atoms with van der Waals surface area (Å²) in [4.78, 5) is 80.0. The number of methoxy groups -OCH3 is 1. The van der Waals surface area contributed by atoms with Crippen molar-refractivity contribution in [3.63, 3.8) is 0 Å². The zero-order chi connectivity index (χ0) is 37.4. The van der Waals surface area contributed by atoms with E-state index in [4.69, 9.17) is 32.7 Å². The minimum atomic E-state index is -4.30. The maximum absolute atomic E-state index is 14.0. The SMILES string of the molecule is COC(=O)C(OC[C@H]1O[C@@H](n2ccc(=O)n(C(=O)c3ccccc3)c2=O)[C@H](OC(=O)c2ccccc2)[C@@H]1OC(=O)c1ccccc1)P(=O)(OC)OC. The van der Waals surface area contributed by atoms with Gasteiger partial charge in [-0.15, -0.1) is 0 Å². The predicted molar refractivity (Wildman–Crippen MR) is 180 cm³/mol. The number of carbonyl (C=O) groups is 4. The van der Waals surface area contributed by atoms with Crippen molar-refractivity contribution in [1.29, 1.82) is 0 Å². The second-order valence-corrected chi connectivity index (χ2v) is 13.3. The summed E-state index contributed by atoms with van der Waals surface area (Å²) in [5.41, 5.74) is -1.95. The highest BCUT2D eigenvalue weighted by Crippen LogP contribution is 2.52. The van der Waals surface area contributed by atoms with Crippen LogP contribution in [0.4, 0.5) is 0 Å². The van der Waals surface area contributed by atoms with Gasteiger partial charge in [0, 0.05) is 32.0 Å². The van der Waals surface area contributed by atoms with E-state index >= 15 is 0 Å². The molecule has 0 saturated carbocycles. The number of benzene rings is 3. The minimum Gasteiger partial charge on any atom is -0.467 e. The van der Waals surface area contributed by atoms with Crippen molar-refractivity contribution in [1.82, 2.24) is 9.13 Å². The molecule has 0 amide bonds. The van der Waals surface area contributed by atoms with Crippen LogP contribution < -0.4 is 11.2 Å². The highest BCUT2D eigenvalue weighted by molar-refractivity contribution is 7.55. The molecule has 3 aromatic carbocycles. The Kier molecular flexibility index (Phi) is 12.1. The Hall–Kier alpha value is -5.51. The number of nitrogens with zero attached hydrogens (tertiary/aromatic N) is 2. The van der Waals surface area contributed by atoms with Gasteiger partial charge in [0.25, 0.3) is 17.3 Å². The van der Waals surface area contributed by atoms with E-state index in [1.54, 1.807) is 54.6 Å². The molecule has 272 valence electrons. The molecule has 1 saturated heterocycles. The van der Waals surface area contributed by atoms with Gasteiger partial charge in [-0.3, -0.25) is 18.7 Å². The smallest absolute Gasteiger partial charge is 0.370 e. The molecule has 17 heteroatoms. The van der Waals surface area contributed by atoms with E-state index in [1.807, 2.05) is 0 Å². The molecule has 1 aromatic heterocycles. The number of rotatable bonds is 13. The van der Waals surface area contributed by atoms with E-state index in [-0.39, 0.29) is 16.7 Å². The first kappa shape index (κ1) is 37.7. The Morgan fingerprint density at radius 2 is 1.23 bits per heavy atom. The Bertz CT molecular complexity index is 2060. The van der Waals surface area contributed by atoms with Crippen LogP contribution in [0.2, 0.25) is 0 Å². The third-order valence-electron chi connectivity index (χ3n) is 7.92. The molecule has 0 bridgehead atoms. The van der Waals surface area contributed by atoms with Crippen LogP contribution in [0.15, 0.2) is 113 Å². The second-order valence-electron chi connectivity index (χ2n) is 11.0. The van der Waals surface area contributed by atoms with E-state index < -0.39 is 79.7 Å². The molecule has 5 rings (SSSR count). The third kappa shape index (κ3) is 8.01. The van der Waals surface area contributed by atoms with E-state index in [1.165, 1.54) is 36.4 Å². The molecule has 1 unspecified atom stereocenters. The fraction of sp³-hybridized carbons (Fsp3) is 0.257. The van der Waals surface area contributed by atoms with Crippen molar-refractivity contribution in [2.24, 2.45) is 0 Å². The molecule has 16 nitrogen and oxygen atoms in total. The van der Waals surface area contributed by atoms with Crippen molar-refractivity contribution >= 4 is 31.4 Å². The van der Waals surface area contributed by atoms with Gasteiger partial charge >= 0.3 is 31.2 Å². The van der Waals surface area contributed by atoms with Crippen LogP contribution in [0.25, 0.3) is 0 Å². The van der Waals surface area contributed by atoms with Gasteiger partial charge in [0.15, 0.2) is 18.4 Å². The van der Waals surface area contributed by atoms with Gasteiger partial charge in [-0.2, -0.15) is 4.57 Å². The van der Waals surface area contributed by atoms with E-state index in [0.717, 1.165) is 38.2 Å². The van der Waals surface area contributed by atoms with Crippen molar-refractivity contribution in [3.8, 4) is 0 Å². The molecular formula is C35H33N2O14P. The molecule has 0 spiro atoms. The molecule has 0 aliphatic carbocycles. The largest absolute Gasteiger partial charge is 0.467 e. The van der Waals surface area contributed by atoms with E-state index in [9.17, 15) is 33.3 Å². The normalized spacial score (nSPS) is 19.0. The zero-order valence-corrected chi connectivity index (χ0v) is 28.9. The van der Waals surface area contributed by atoms with Crippen LogP contribution in [0.3, 0.4) is 0 Å². The summed E-state index contributed by atoms with van der Waals surface area (Å²) in [6.07, 6.45) is -5.37. The van der Waals surface area contributed by atoms with Gasteiger partial charge in [-0.1, -0.05) is 54.6 Å². The number of carbonyl (C=O) groups excluding carboxylic acids is 4. The summed E-state index contributed by atoms with van der Waals surface area (Å²) >= 11 is 0. The summed E-state index contributed by atoms with van der Waals surface area (Å²) in [7, 11) is -1.25. The third-order valence-corrected chi connectivity index (χ3v) is 9.87. The standard InChI is InChI=1S/C35H33N2O14P/c1-45-33(42)34(52(44,46-2)47-3)48-21-25-27(50-31(40)23-15-9-5-10-16-23)28(51-32(41)24-17-11-6-12-18-24)30(49-25)36-20-19-26(38)37(35(36)43)29(39)22-13-7-4-8-14-22/h4-20,25,27-28,30,34H,21H2,1-3H3/t25-,27-,28-,30-,34?/m1/s1. The number of hydrogen-bond acceptors (Lipinski definition) is 14. The van der Waals surface area contributed by atoms with Crippen molar-refractivity contribution in [3.05, 3.63) is 141 Å². The summed E-state index contributed by atoms with van der Waals surface area (Å²) in [6, 6.07) is 24.0. The molecular weight excluding hydrogens is 703 g/mol. The predicted octanol–water partition coefficient (Wildman–Crippen LogP) is 3.05. The van der Waals surface area contributed by atoms with Crippen LogP contribution in [-0.4, -0.2) is 85.0 Å². The van der Waals surface area contributed by atoms with Gasteiger partial charge in [0.05, 0.1) is 24.8 Å². The topological polar surface area (TPSA) is 194 Å². The summed E-state index contributed by atoms with van der Waals surface area (Å²) in [5, 5.41) is 0. The Balaban J connectivity index is 1.62. The van der Waals surface area contributed by atoms with E-state index in [2.05, 4.69) is 0 Å². The van der Waals surface area contributed by atoms with Gasteiger partial charge in [-0.05, 0) is 36.4 Å². The summed E-state index contributed by atoms with van der Waals surface area (Å²) in [6.45, 7) is -0.712. The minimum absolute atomic E-state index is 0.0226. The average molecular weight is 737 g/mol. The maximum Gasteiger partial charge on any atom is 0.370 e. The van der Waals surface area contributed by atoms with Crippen molar-refractivity contribution < 1.29 is 56.5 Å². The van der Waals surface area contributed by atoms with Crippen LogP contribution in [-0.2, 0) is 42.1 Å². The van der Waals surface area contributed by atoms with Crippen LogP contribution in [0, 0.1) is 0 Å². The summed E-state index contributed by atoms with van der Waals surface area (Å²) in [5.74, 6) is -5.88. The molecule has 5 atom stereocenters. The first-order valence-corrected chi connectivity index (χ1v) is 17.2. The fourth-order valence-electron chi connectivity index (χ4n) is 5.29. The van der Waals surface area contributed by atoms with Gasteiger partial charge in [-0.25, -0.2) is 19.2 Å². The van der Waals surface area contributed by atoms with Crippen molar-refractivity contribution in [2.75, 3.05) is 27.9 Å². The molecule has 2 heterocycles. The second kappa shape index (κ2) is 16.7. The highest BCUT2D eigenvalue weighted by Gasteiger charge is 2.53. The fourth-order valence-corrected chi connectivity index (χ4v) is 6.45. The molecule has 52 heavy (non-hydrogen) atoms. The molecule has 4 aromatic rings. The number of hydrogen-bond donors (Lipinski definition) is 0. The molecule has 1 aliphatic heterocycles. The Morgan fingerprint density at radius 3 is 1.73 bits per heavy atom. The Morgan fingerprint density at radius 1 is 0.731 bits per heavy atom. The van der Waals surface area contributed by atoms with Crippen LogP contribution in [0.1, 0.15) is 37.3 Å². The van der Waals surface area contributed by atoms with Gasteiger partial charge in [0.2, 0.25) is 0 Å². The van der Waals surface area contributed by atoms with Gasteiger partial charge in [0.1, 0.15) is 6.10 Å². The van der Waals surface area contributed by atoms with Crippen LogP contribution in [0.5, 0.6) is 0 Å². The quantitative estimate of drug-likeness (QED) is 0.110. The molecule has 1 aliphatic rings. The highest BCUT2D eigenvalue weighted by atomic mass is 31.2. The summed E-state index contributed by atoms with van der Waals surface area (Å²) < 4.78 is 52.7. The average Bonchev–Trinajstić information content (AvgIpc) is 3.50. The maximum atomic E-state index is 14.0. The number of esters is 3. The van der Waals surface area contributed by atoms with Crippen molar-refractivity contribution in [2.45, 2.75) is 30.4 Å². The van der Waals surface area contributed by atoms with E-state index in [0.29, 0.717) is 4.57 Å². The number of ether oxygens (including phenoxy) is 5. The Labute approximate surface area is 295 Å². The lowest BCUT2D eigenvalue weighted by Gasteiger charge is -2.26. The molecule has 0 radical (unpaired) electrons. The lowest BCUT2D eigenvalue weighted by atomic mass is 10.1. The molecule has 0 N–H and O–H groups in total. The lowest BCUT2D eigenvalue weighted by molar-refractivity contribution is -0.153. The monoisotopic (exact) mass is 736 g/mol. The first-order chi connectivity index (χ1) is 25.0. The zero-order valence-electron chi connectivity index (χ0n) is 28.0. The van der Waals surface area contributed by atoms with Crippen LogP contribution >= 0.6 is 7.60 Å². The lowest BCUT2D eigenvalue weighted by Crippen LogP contribution is -2.47. The van der Waals surface area contributed by atoms with Gasteiger partial charge < -0.3 is 32.7 Å². The molecule has 1 fully saturated rings. The number of aromatic nitrogens is 2.